The highest BCUT2D eigenvalue weighted by atomic mass is 79.9. The normalized spacial score (nSPS) is 24.2. The third-order valence-corrected chi connectivity index (χ3v) is 4.13. The molecule has 1 aliphatic carbocycles. The average molecular weight is 316 g/mol. The van der Waals surface area contributed by atoms with Crippen molar-refractivity contribution in [3.05, 3.63) is 32.7 Å². The lowest BCUT2D eigenvalue weighted by atomic mass is 9.92. The summed E-state index contributed by atoms with van der Waals surface area (Å²) in [4.78, 5) is 12.1. The number of aliphatic hydroxyl groups excluding tert-OH is 1. The van der Waals surface area contributed by atoms with Gasteiger partial charge in [0.2, 0.25) is 0 Å². The fourth-order valence-corrected chi connectivity index (χ4v) is 3.07. The monoisotopic (exact) mass is 315 g/mol. The summed E-state index contributed by atoms with van der Waals surface area (Å²) in [5.41, 5.74) is 0.718. The Morgan fingerprint density at radius 1 is 1.56 bits per heavy atom. The van der Waals surface area contributed by atoms with E-state index in [1.165, 1.54) is 0 Å². The van der Waals surface area contributed by atoms with Crippen molar-refractivity contribution in [3.8, 4) is 0 Å². The first kappa shape index (κ1) is 13.8. The molecule has 2 atom stereocenters. The van der Waals surface area contributed by atoms with Crippen LogP contribution in [0.3, 0.4) is 0 Å². The molecule has 4 nitrogen and oxygen atoms in total. The van der Waals surface area contributed by atoms with Crippen molar-refractivity contribution in [3.63, 3.8) is 0 Å². The number of ether oxygens (including phenoxy) is 1. The van der Waals surface area contributed by atoms with Crippen LogP contribution in [0.5, 0.6) is 0 Å². The number of halogens is 1. The smallest absolute Gasteiger partial charge is 0.265 e. The second kappa shape index (κ2) is 5.99. The van der Waals surface area contributed by atoms with Gasteiger partial charge in [-0.25, -0.2) is 0 Å². The van der Waals surface area contributed by atoms with Gasteiger partial charge in [-0.15, -0.1) is 0 Å². The van der Waals surface area contributed by atoms with Gasteiger partial charge in [0, 0.05) is 19.3 Å². The van der Waals surface area contributed by atoms with Crippen LogP contribution in [0, 0.1) is 0 Å². The van der Waals surface area contributed by atoms with Crippen molar-refractivity contribution in [1.29, 1.82) is 0 Å². The number of methoxy groups -OCH3 is 1. The van der Waals surface area contributed by atoms with Gasteiger partial charge < -0.3 is 14.4 Å². The van der Waals surface area contributed by atoms with Crippen molar-refractivity contribution >= 4 is 15.9 Å². The second-order valence-corrected chi connectivity index (χ2v) is 5.60. The Hall–Kier alpha value is -0.650. The van der Waals surface area contributed by atoms with Gasteiger partial charge in [0.05, 0.1) is 17.2 Å². The maximum absolute atomic E-state index is 12.1. The van der Waals surface area contributed by atoms with Gasteiger partial charge in [0.25, 0.3) is 5.56 Å². The first-order chi connectivity index (χ1) is 8.65. The van der Waals surface area contributed by atoms with E-state index >= 15 is 0 Å². The molecule has 0 saturated heterocycles. The molecular weight excluding hydrogens is 298 g/mol. The zero-order chi connectivity index (χ0) is 13.1. The van der Waals surface area contributed by atoms with Crippen LogP contribution < -0.4 is 5.56 Å². The third kappa shape index (κ3) is 2.84. The van der Waals surface area contributed by atoms with Crippen molar-refractivity contribution < 1.29 is 9.84 Å². The molecule has 0 spiro atoms. The molecule has 1 N–H and O–H groups in total. The number of hydrogen-bond donors (Lipinski definition) is 1. The van der Waals surface area contributed by atoms with Crippen molar-refractivity contribution in [1.82, 2.24) is 4.57 Å². The molecule has 2 rings (SSSR count). The summed E-state index contributed by atoms with van der Waals surface area (Å²) in [6, 6.07) is 1.84. The molecule has 0 aliphatic heterocycles. The van der Waals surface area contributed by atoms with E-state index in [0.29, 0.717) is 4.47 Å². The molecule has 1 aromatic heterocycles. The maximum Gasteiger partial charge on any atom is 0.265 e. The van der Waals surface area contributed by atoms with Crippen LogP contribution in [0.25, 0.3) is 0 Å². The third-order valence-electron chi connectivity index (χ3n) is 3.56. The van der Waals surface area contributed by atoms with Gasteiger partial charge in [0.1, 0.15) is 0 Å². The summed E-state index contributed by atoms with van der Waals surface area (Å²) in [6.45, 7) is -0.0562. The number of aliphatic hydroxyl groups is 1. The van der Waals surface area contributed by atoms with E-state index in [0.717, 1.165) is 31.2 Å². The lowest BCUT2D eigenvalue weighted by Gasteiger charge is -2.30. The van der Waals surface area contributed by atoms with Crippen molar-refractivity contribution in [2.24, 2.45) is 0 Å². The molecule has 100 valence electrons. The number of nitrogens with zero attached hydrogens (tertiary/aromatic N) is 1. The Balaban J connectivity index is 2.32. The minimum absolute atomic E-state index is 0.0334. The second-order valence-electron chi connectivity index (χ2n) is 4.74. The van der Waals surface area contributed by atoms with Gasteiger partial charge in [0.15, 0.2) is 0 Å². The number of hydrogen-bond acceptors (Lipinski definition) is 3. The molecular formula is C13H18BrNO3. The Kier molecular flexibility index (Phi) is 4.59. The van der Waals surface area contributed by atoms with E-state index in [2.05, 4.69) is 15.9 Å². The van der Waals surface area contributed by atoms with E-state index in [-0.39, 0.29) is 24.3 Å². The predicted molar refractivity (Wildman–Crippen MR) is 72.6 cm³/mol. The van der Waals surface area contributed by atoms with Crippen molar-refractivity contribution in [2.75, 3.05) is 7.11 Å². The molecule has 18 heavy (non-hydrogen) atoms. The molecule has 0 unspecified atom stereocenters. The summed E-state index contributed by atoms with van der Waals surface area (Å²) in [5, 5.41) is 9.21. The summed E-state index contributed by atoms with van der Waals surface area (Å²) in [6.07, 6.45) is 5.96. The summed E-state index contributed by atoms with van der Waals surface area (Å²) in [7, 11) is 1.72. The predicted octanol–water partition coefficient (Wildman–Crippen LogP) is 2.23. The van der Waals surface area contributed by atoms with E-state index in [9.17, 15) is 9.90 Å². The summed E-state index contributed by atoms with van der Waals surface area (Å²) < 4.78 is 7.64. The Morgan fingerprint density at radius 3 is 3.00 bits per heavy atom. The molecule has 1 aromatic rings. The van der Waals surface area contributed by atoms with Gasteiger partial charge in [-0.1, -0.05) is 0 Å². The van der Waals surface area contributed by atoms with Crippen LogP contribution >= 0.6 is 15.9 Å². The van der Waals surface area contributed by atoms with Gasteiger partial charge >= 0.3 is 0 Å². The molecule has 1 saturated carbocycles. The van der Waals surface area contributed by atoms with Crippen LogP contribution in [-0.4, -0.2) is 22.9 Å². The molecule has 0 bridgehead atoms. The van der Waals surface area contributed by atoms with Crippen LogP contribution in [0.1, 0.15) is 37.3 Å². The lowest BCUT2D eigenvalue weighted by Crippen LogP contribution is -2.31. The molecule has 0 amide bonds. The van der Waals surface area contributed by atoms with E-state index in [1.54, 1.807) is 23.9 Å². The van der Waals surface area contributed by atoms with E-state index < -0.39 is 0 Å². The SMILES string of the molecule is CO[C@@H]1CCC[C@@H](n2cc(CO)cc(Br)c2=O)C1. The highest BCUT2D eigenvalue weighted by Gasteiger charge is 2.24. The molecule has 0 aromatic carbocycles. The van der Waals surface area contributed by atoms with Gasteiger partial charge in [-0.05, 0) is 53.2 Å². The van der Waals surface area contributed by atoms with Gasteiger partial charge in [-0.3, -0.25) is 4.79 Å². The van der Waals surface area contributed by atoms with E-state index in [4.69, 9.17) is 4.74 Å². The van der Waals surface area contributed by atoms with Crippen LogP contribution in [0.4, 0.5) is 0 Å². The Morgan fingerprint density at radius 2 is 2.33 bits per heavy atom. The first-order valence-electron chi connectivity index (χ1n) is 6.20. The highest BCUT2D eigenvalue weighted by Crippen LogP contribution is 2.29. The molecule has 0 radical (unpaired) electrons. The first-order valence-corrected chi connectivity index (χ1v) is 6.99. The summed E-state index contributed by atoms with van der Waals surface area (Å²) >= 11 is 3.26. The molecule has 1 aliphatic rings. The minimum Gasteiger partial charge on any atom is -0.392 e. The fourth-order valence-electron chi connectivity index (χ4n) is 2.57. The minimum atomic E-state index is -0.0562. The zero-order valence-corrected chi connectivity index (χ0v) is 12.0. The average Bonchev–Trinajstić information content (AvgIpc) is 2.41. The number of pyridine rings is 1. The highest BCUT2D eigenvalue weighted by molar-refractivity contribution is 9.10. The molecule has 1 fully saturated rings. The number of rotatable bonds is 3. The Bertz CT molecular complexity index is 472. The standard InChI is InChI=1S/C13H18BrNO3/c1-18-11-4-2-3-10(6-11)15-7-9(8-16)5-12(14)13(15)17/h5,7,10-11,16H,2-4,6,8H2,1H3/t10-,11-/m1/s1. The lowest BCUT2D eigenvalue weighted by molar-refractivity contribution is 0.0523. The fraction of sp³-hybridized carbons (Fsp3) is 0.615. The molecule has 5 heteroatoms. The largest absolute Gasteiger partial charge is 0.392 e. The quantitative estimate of drug-likeness (QED) is 0.930. The summed E-state index contributed by atoms with van der Waals surface area (Å²) in [5.74, 6) is 0. The zero-order valence-electron chi connectivity index (χ0n) is 10.4. The number of aromatic nitrogens is 1. The van der Waals surface area contributed by atoms with Crippen LogP contribution in [0.2, 0.25) is 0 Å². The van der Waals surface area contributed by atoms with Crippen LogP contribution in [0.15, 0.2) is 21.5 Å². The molecule has 1 heterocycles. The van der Waals surface area contributed by atoms with Crippen molar-refractivity contribution in [2.45, 2.75) is 44.4 Å². The Labute approximate surface area is 115 Å². The topological polar surface area (TPSA) is 51.5 Å². The van der Waals surface area contributed by atoms with Gasteiger partial charge in [-0.2, -0.15) is 0 Å². The maximum atomic E-state index is 12.1. The van der Waals surface area contributed by atoms with E-state index in [1.807, 2.05) is 0 Å². The van der Waals surface area contributed by atoms with Crippen LogP contribution in [-0.2, 0) is 11.3 Å².